The maximum absolute atomic E-state index is 9.21. The van der Waals surface area contributed by atoms with Crippen LogP contribution in [0.2, 0.25) is 0 Å². The summed E-state index contributed by atoms with van der Waals surface area (Å²) in [4.78, 5) is 6.36. The number of pyridine rings is 1. The molecule has 4 N–H and O–H groups in total. The molecule has 0 amide bonds. The Kier molecular flexibility index (Phi) is 4.18. The molecule has 1 aromatic heterocycles. The molecule has 0 saturated carbocycles. The van der Waals surface area contributed by atoms with Crippen molar-refractivity contribution < 1.29 is 15.1 Å². The number of aliphatic hydroxyl groups is 1. The van der Waals surface area contributed by atoms with Gasteiger partial charge in [-0.1, -0.05) is 11.2 Å². The molecule has 0 aliphatic carbocycles. The van der Waals surface area contributed by atoms with Crippen molar-refractivity contribution in [3.8, 4) is 0 Å². The first-order valence-electron chi connectivity index (χ1n) is 6.10. The fourth-order valence-corrected chi connectivity index (χ4v) is 2.13. The smallest absolute Gasteiger partial charge is 0.188 e. The summed E-state index contributed by atoms with van der Waals surface area (Å²) in [5, 5.41) is 20.8. The minimum atomic E-state index is -0.224. The standard InChI is InChI=1S/C12H18N4O3/c1-8-5-16(6-9(7-17)19-8)11-4-2-3-10(14-11)12(13)15-18/h2-4,8-9,17-18H,5-7H2,1H3,(H2,13,15). The predicted molar refractivity (Wildman–Crippen MR) is 70.4 cm³/mol. The van der Waals surface area contributed by atoms with Crippen molar-refractivity contribution >= 4 is 11.7 Å². The van der Waals surface area contributed by atoms with Crippen molar-refractivity contribution in [3.05, 3.63) is 23.9 Å². The topological polar surface area (TPSA) is 104 Å². The van der Waals surface area contributed by atoms with E-state index in [2.05, 4.69) is 10.1 Å². The molecule has 1 aliphatic heterocycles. The zero-order valence-electron chi connectivity index (χ0n) is 10.7. The number of hydrogen-bond donors (Lipinski definition) is 3. The van der Waals surface area contributed by atoms with Crippen molar-refractivity contribution in [3.63, 3.8) is 0 Å². The highest BCUT2D eigenvalue weighted by molar-refractivity contribution is 5.95. The normalized spacial score (nSPS) is 24.5. The Morgan fingerprint density at radius 1 is 1.58 bits per heavy atom. The van der Waals surface area contributed by atoms with Gasteiger partial charge in [0.15, 0.2) is 5.84 Å². The summed E-state index contributed by atoms with van der Waals surface area (Å²) in [5.41, 5.74) is 5.94. The van der Waals surface area contributed by atoms with Gasteiger partial charge in [-0.05, 0) is 19.1 Å². The number of aliphatic hydroxyl groups excluding tert-OH is 1. The summed E-state index contributed by atoms with van der Waals surface area (Å²) < 4.78 is 5.58. The van der Waals surface area contributed by atoms with E-state index in [-0.39, 0.29) is 24.7 Å². The Balaban J connectivity index is 2.21. The molecule has 1 fully saturated rings. The van der Waals surface area contributed by atoms with Crippen LogP contribution in [0, 0.1) is 0 Å². The van der Waals surface area contributed by atoms with Crippen LogP contribution in [0.5, 0.6) is 0 Å². The Morgan fingerprint density at radius 3 is 3.05 bits per heavy atom. The number of oxime groups is 1. The molecule has 104 valence electrons. The SMILES string of the molecule is CC1CN(c2cccc(/C(N)=N/O)n2)CC(CO)O1. The average Bonchev–Trinajstić information content (AvgIpc) is 2.45. The Bertz CT molecular complexity index is 466. The highest BCUT2D eigenvalue weighted by atomic mass is 16.5. The summed E-state index contributed by atoms with van der Waals surface area (Å²) in [5.74, 6) is 0.694. The molecule has 2 rings (SSSR count). The van der Waals surface area contributed by atoms with Gasteiger partial charge in [0.2, 0.25) is 0 Å². The fourth-order valence-electron chi connectivity index (χ4n) is 2.13. The third-order valence-corrected chi connectivity index (χ3v) is 2.96. The molecule has 0 radical (unpaired) electrons. The molecular formula is C12H18N4O3. The molecule has 7 heteroatoms. The van der Waals surface area contributed by atoms with Crippen LogP contribution in [-0.2, 0) is 4.74 Å². The molecule has 1 aliphatic rings. The molecule has 1 aromatic rings. The molecule has 2 atom stereocenters. The number of nitrogens with two attached hydrogens (primary N) is 1. The van der Waals surface area contributed by atoms with E-state index >= 15 is 0 Å². The first-order chi connectivity index (χ1) is 9.13. The van der Waals surface area contributed by atoms with Crippen molar-refractivity contribution in [2.45, 2.75) is 19.1 Å². The molecule has 2 heterocycles. The van der Waals surface area contributed by atoms with E-state index < -0.39 is 0 Å². The summed E-state index contributed by atoms with van der Waals surface area (Å²) >= 11 is 0. The quantitative estimate of drug-likeness (QED) is 0.302. The van der Waals surface area contributed by atoms with Crippen LogP contribution in [0.3, 0.4) is 0 Å². The van der Waals surface area contributed by atoms with Gasteiger partial charge in [-0.3, -0.25) is 0 Å². The molecular weight excluding hydrogens is 248 g/mol. The maximum Gasteiger partial charge on any atom is 0.188 e. The molecule has 7 nitrogen and oxygen atoms in total. The van der Waals surface area contributed by atoms with Gasteiger partial charge < -0.3 is 25.7 Å². The molecule has 0 bridgehead atoms. The third-order valence-electron chi connectivity index (χ3n) is 2.96. The van der Waals surface area contributed by atoms with Gasteiger partial charge in [0.05, 0.1) is 18.8 Å². The summed E-state index contributed by atoms with van der Waals surface area (Å²) in [6, 6.07) is 5.32. The first kappa shape index (κ1) is 13.6. The van der Waals surface area contributed by atoms with Crippen molar-refractivity contribution in [2.24, 2.45) is 10.9 Å². The first-order valence-corrected chi connectivity index (χ1v) is 6.10. The lowest BCUT2D eigenvalue weighted by molar-refractivity contribution is -0.0423. The van der Waals surface area contributed by atoms with Crippen molar-refractivity contribution in [2.75, 3.05) is 24.6 Å². The van der Waals surface area contributed by atoms with Gasteiger partial charge in [-0.25, -0.2) is 4.98 Å². The second-order valence-corrected chi connectivity index (χ2v) is 4.52. The lowest BCUT2D eigenvalue weighted by Gasteiger charge is -2.36. The number of morpholine rings is 1. The minimum absolute atomic E-state index is 0.0141. The largest absolute Gasteiger partial charge is 0.409 e. The highest BCUT2D eigenvalue weighted by Gasteiger charge is 2.25. The van der Waals surface area contributed by atoms with E-state index in [0.717, 1.165) is 5.82 Å². The predicted octanol–water partition coefficient (Wildman–Crippen LogP) is -0.238. The second kappa shape index (κ2) is 5.85. The summed E-state index contributed by atoms with van der Waals surface area (Å²) in [7, 11) is 0. The molecule has 1 saturated heterocycles. The van der Waals surface area contributed by atoms with Gasteiger partial charge in [-0.2, -0.15) is 0 Å². The third kappa shape index (κ3) is 3.12. The van der Waals surface area contributed by atoms with E-state index in [0.29, 0.717) is 18.8 Å². The van der Waals surface area contributed by atoms with Crippen LogP contribution in [0.4, 0.5) is 5.82 Å². The van der Waals surface area contributed by atoms with Gasteiger partial charge in [-0.15, -0.1) is 0 Å². The number of nitrogens with zero attached hydrogens (tertiary/aromatic N) is 3. The van der Waals surface area contributed by atoms with Crippen LogP contribution in [-0.4, -0.2) is 53.0 Å². The summed E-state index contributed by atoms with van der Waals surface area (Å²) in [6.45, 7) is 3.17. The van der Waals surface area contributed by atoms with E-state index in [1.54, 1.807) is 12.1 Å². The van der Waals surface area contributed by atoms with Gasteiger partial charge in [0, 0.05) is 13.1 Å². The zero-order chi connectivity index (χ0) is 13.8. The van der Waals surface area contributed by atoms with Crippen LogP contribution in [0.1, 0.15) is 12.6 Å². The number of rotatable bonds is 3. The van der Waals surface area contributed by atoms with Gasteiger partial charge >= 0.3 is 0 Å². The molecule has 0 aromatic carbocycles. The van der Waals surface area contributed by atoms with Gasteiger partial charge in [0.1, 0.15) is 11.5 Å². The number of ether oxygens (including phenoxy) is 1. The Labute approximate surface area is 111 Å². The van der Waals surface area contributed by atoms with E-state index in [4.69, 9.17) is 15.7 Å². The van der Waals surface area contributed by atoms with Gasteiger partial charge in [0.25, 0.3) is 0 Å². The Hall–Kier alpha value is -1.86. The number of hydrogen-bond acceptors (Lipinski definition) is 6. The van der Waals surface area contributed by atoms with Crippen molar-refractivity contribution in [1.82, 2.24) is 4.98 Å². The Morgan fingerprint density at radius 2 is 2.37 bits per heavy atom. The van der Waals surface area contributed by atoms with Crippen LogP contribution >= 0.6 is 0 Å². The zero-order valence-corrected chi connectivity index (χ0v) is 10.7. The number of anilines is 1. The lowest BCUT2D eigenvalue weighted by atomic mass is 10.2. The molecule has 2 unspecified atom stereocenters. The van der Waals surface area contributed by atoms with E-state index in [1.807, 2.05) is 17.9 Å². The highest BCUT2D eigenvalue weighted by Crippen LogP contribution is 2.18. The van der Waals surface area contributed by atoms with Crippen LogP contribution in [0.15, 0.2) is 23.4 Å². The molecule has 19 heavy (non-hydrogen) atoms. The fraction of sp³-hybridized carbons (Fsp3) is 0.500. The van der Waals surface area contributed by atoms with E-state index in [1.165, 1.54) is 0 Å². The second-order valence-electron chi connectivity index (χ2n) is 4.52. The maximum atomic E-state index is 9.21. The van der Waals surface area contributed by atoms with Crippen LogP contribution < -0.4 is 10.6 Å². The summed E-state index contributed by atoms with van der Waals surface area (Å²) in [6.07, 6.45) is -0.210. The number of amidine groups is 1. The lowest BCUT2D eigenvalue weighted by Crippen LogP contribution is -2.48. The number of aromatic nitrogens is 1. The average molecular weight is 266 g/mol. The minimum Gasteiger partial charge on any atom is -0.409 e. The van der Waals surface area contributed by atoms with Crippen molar-refractivity contribution in [1.29, 1.82) is 0 Å². The van der Waals surface area contributed by atoms with E-state index in [9.17, 15) is 5.11 Å². The monoisotopic (exact) mass is 266 g/mol. The molecule has 0 spiro atoms. The van der Waals surface area contributed by atoms with Crippen LogP contribution in [0.25, 0.3) is 0 Å².